The highest BCUT2D eigenvalue weighted by Crippen LogP contribution is 2.40. The normalized spacial score (nSPS) is 11.1. The highest BCUT2D eigenvalue weighted by Gasteiger charge is 2.22. The molecule has 0 radical (unpaired) electrons. The Bertz CT molecular complexity index is 1450. The predicted octanol–water partition coefficient (Wildman–Crippen LogP) is 5.00. The number of aromatic nitrogens is 4. The maximum Gasteiger partial charge on any atom is 0.234 e. The van der Waals surface area contributed by atoms with E-state index in [1.165, 1.54) is 35.2 Å². The van der Waals surface area contributed by atoms with Gasteiger partial charge in [-0.15, -0.1) is 21.5 Å². The zero-order chi connectivity index (χ0) is 22.8. The molecule has 2 aromatic carbocycles. The van der Waals surface area contributed by atoms with Gasteiger partial charge in [0.05, 0.1) is 16.3 Å². The minimum Gasteiger partial charge on any atom is -0.397 e. The van der Waals surface area contributed by atoms with E-state index in [2.05, 4.69) is 20.5 Å². The second-order valence-electron chi connectivity index (χ2n) is 7.03. The Balaban J connectivity index is 1.47. The monoisotopic (exact) mass is 476 g/mol. The fourth-order valence-electron chi connectivity index (χ4n) is 3.33. The van der Waals surface area contributed by atoms with Gasteiger partial charge in [-0.25, -0.2) is 9.37 Å². The number of nitrogens with two attached hydrogens (primary N) is 1. The van der Waals surface area contributed by atoms with Gasteiger partial charge >= 0.3 is 0 Å². The molecule has 0 spiro atoms. The summed E-state index contributed by atoms with van der Waals surface area (Å²) in [4.78, 5) is 18.4. The molecule has 3 aromatic heterocycles. The Hall–Kier alpha value is -3.76. The molecular weight excluding hydrogens is 459 g/mol. The lowest BCUT2D eigenvalue weighted by Gasteiger charge is -2.10. The topological polar surface area (TPSA) is 98.7 Å². The molecule has 5 aromatic rings. The van der Waals surface area contributed by atoms with Gasteiger partial charge in [-0.3, -0.25) is 9.36 Å². The van der Waals surface area contributed by atoms with Crippen LogP contribution in [0.1, 0.15) is 0 Å². The van der Waals surface area contributed by atoms with E-state index in [0.29, 0.717) is 22.4 Å². The van der Waals surface area contributed by atoms with Gasteiger partial charge < -0.3 is 11.1 Å². The van der Waals surface area contributed by atoms with E-state index < -0.39 is 5.82 Å². The lowest BCUT2D eigenvalue weighted by molar-refractivity contribution is -0.113. The predicted molar refractivity (Wildman–Crippen MR) is 130 cm³/mol. The average Bonchev–Trinajstić information content (AvgIpc) is 3.39. The number of hydrogen-bond acceptors (Lipinski definition) is 7. The second kappa shape index (κ2) is 9.00. The second-order valence-corrected chi connectivity index (χ2v) is 8.97. The third kappa shape index (κ3) is 4.30. The van der Waals surface area contributed by atoms with Crippen LogP contribution in [0.3, 0.4) is 0 Å². The largest absolute Gasteiger partial charge is 0.397 e. The summed E-state index contributed by atoms with van der Waals surface area (Å²) in [5.41, 5.74) is 8.27. The van der Waals surface area contributed by atoms with E-state index in [9.17, 15) is 9.18 Å². The number of hydrogen-bond donors (Lipinski definition) is 2. The minimum absolute atomic E-state index is 0.0743. The van der Waals surface area contributed by atoms with Crippen LogP contribution >= 0.6 is 23.1 Å². The summed E-state index contributed by atoms with van der Waals surface area (Å²) in [7, 11) is 0. The van der Waals surface area contributed by atoms with Crippen molar-refractivity contribution in [2.45, 2.75) is 5.16 Å². The highest BCUT2D eigenvalue weighted by molar-refractivity contribution is 7.99. The number of amides is 1. The van der Waals surface area contributed by atoms with Gasteiger partial charge in [0.15, 0.2) is 11.0 Å². The van der Waals surface area contributed by atoms with E-state index in [1.54, 1.807) is 18.3 Å². The molecular formula is C23H17FN6OS2. The number of fused-ring (bicyclic) bond motifs is 1. The zero-order valence-corrected chi connectivity index (χ0v) is 18.7. The number of carbonyl (C=O) groups excluding carboxylic acids is 1. The average molecular weight is 477 g/mol. The van der Waals surface area contributed by atoms with Crippen LogP contribution in [0.4, 0.5) is 15.8 Å². The first-order valence-electron chi connectivity index (χ1n) is 9.92. The first-order valence-corrected chi connectivity index (χ1v) is 11.7. The van der Waals surface area contributed by atoms with Gasteiger partial charge in [-0.1, -0.05) is 36.0 Å². The first-order chi connectivity index (χ1) is 16.1. The molecule has 33 heavy (non-hydrogen) atoms. The molecule has 0 bridgehead atoms. The lowest BCUT2D eigenvalue weighted by Crippen LogP contribution is -2.14. The van der Waals surface area contributed by atoms with Gasteiger partial charge in [-0.2, -0.15) is 0 Å². The van der Waals surface area contributed by atoms with E-state index >= 15 is 0 Å². The molecule has 0 atom stereocenters. The molecule has 0 fully saturated rings. The summed E-state index contributed by atoms with van der Waals surface area (Å²) in [6.07, 6.45) is 1.72. The molecule has 0 aliphatic heterocycles. The van der Waals surface area contributed by atoms with E-state index in [0.717, 1.165) is 20.8 Å². The number of nitrogens with one attached hydrogen (secondary N) is 1. The van der Waals surface area contributed by atoms with Crippen LogP contribution in [0.15, 0.2) is 78.1 Å². The molecule has 0 saturated carbocycles. The molecule has 164 valence electrons. The lowest BCUT2D eigenvalue weighted by atomic mass is 10.2. The van der Waals surface area contributed by atoms with Crippen LogP contribution in [0.5, 0.6) is 0 Å². The van der Waals surface area contributed by atoms with Crippen molar-refractivity contribution in [3.05, 3.63) is 78.7 Å². The van der Waals surface area contributed by atoms with Crippen molar-refractivity contribution in [2.24, 2.45) is 0 Å². The van der Waals surface area contributed by atoms with Crippen molar-refractivity contribution in [3.63, 3.8) is 0 Å². The van der Waals surface area contributed by atoms with Crippen LogP contribution in [0.2, 0.25) is 0 Å². The number of pyridine rings is 1. The Kier molecular flexibility index (Phi) is 5.76. The van der Waals surface area contributed by atoms with Gasteiger partial charge in [-0.05, 0) is 42.5 Å². The molecule has 0 saturated heterocycles. The number of thiophene rings is 1. The fraction of sp³-hybridized carbons (Fsp3) is 0.0435. The summed E-state index contributed by atoms with van der Waals surface area (Å²) in [6.45, 7) is 0. The number of halogens is 1. The Morgan fingerprint density at radius 3 is 2.73 bits per heavy atom. The molecule has 5 rings (SSSR count). The SMILES string of the molecule is Nc1c(-c2nnc(SCC(=O)Nc3cccc(F)c3)n2-c2ccccc2)sc2ncccc12. The van der Waals surface area contributed by atoms with E-state index in [-0.39, 0.29) is 11.7 Å². The van der Waals surface area contributed by atoms with Crippen LogP contribution in [0.25, 0.3) is 26.6 Å². The molecule has 1 amide bonds. The van der Waals surface area contributed by atoms with Gasteiger partial charge in [0.25, 0.3) is 0 Å². The fourth-order valence-corrected chi connectivity index (χ4v) is 5.12. The van der Waals surface area contributed by atoms with Crippen molar-refractivity contribution < 1.29 is 9.18 Å². The molecule has 3 heterocycles. The third-order valence-corrected chi connectivity index (χ3v) is 6.85. The molecule has 0 unspecified atom stereocenters. The molecule has 7 nitrogen and oxygen atoms in total. The number of rotatable bonds is 6. The van der Waals surface area contributed by atoms with Crippen LogP contribution < -0.4 is 11.1 Å². The Morgan fingerprint density at radius 1 is 1.09 bits per heavy atom. The standard InChI is InChI=1S/C23H17FN6OS2/c24-14-6-4-7-15(12-14)27-18(31)13-32-23-29-28-21(30(23)16-8-2-1-3-9-16)20-19(25)17-10-5-11-26-22(17)33-20/h1-12H,13,25H2,(H,27,31). The summed E-state index contributed by atoms with van der Waals surface area (Å²) in [5.74, 6) is -0.0373. The van der Waals surface area contributed by atoms with Crippen LogP contribution in [-0.4, -0.2) is 31.4 Å². The summed E-state index contributed by atoms with van der Waals surface area (Å²) < 4.78 is 15.3. The van der Waals surface area contributed by atoms with Crippen molar-refractivity contribution in [2.75, 3.05) is 16.8 Å². The number of nitrogens with zero attached hydrogens (tertiary/aromatic N) is 4. The summed E-state index contributed by atoms with van der Waals surface area (Å²) >= 11 is 2.68. The van der Waals surface area contributed by atoms with E-state index in [1.807, 2.05) is 47.0 Å². The molecule has 10 heteroatoms. The van der Waals surface area contributed by atoms with Crippen LogP contribution in [-0.2, 0) is 4.79 Å². The maximum atomic E-state index is 13.4. The zero-order valence-electron chi connectivity index (χ0n) is 17.1. The molecule has 0 aliphatic carbocycles. The highest BCUT2D eigenvalue weighted by atomic mass is 32.2. The van der Waals surface area contributed by atoms with Crippen LogP contribution in [0, 0.1) is 5.82 Å². The summed E-state index contributed by atoms with van der Waals surface area (Å²) in [5, 5.41) is 12.8. The third-order valence-electron chi connectivity index (χ3n) is 4.80. The molecule has 3 N–H and O–H groups in total. The number of anilines is 2. The minimum atomic E-state index is -0.413. The quantitative estimate of drug-likeness (QED) is 0.335. The van der Waals surface area contributed by atoms with Gasteiger partial charge in [0.1, 0.15) is 10.6 Å². The Labute approximate surface area is 196 Å². The van der Waals surface area contributed by atoms with Crippen molar-refractivity contribution in [1.29, 1.82) is 0 Å². The van der Waals surface area contributed by atoms with E-state index in [4.69, 9.17) is 5.73 Å². The van der Waals surface area contributed by atoms with Crippen molar-refractivity contribution >= 4 is 50.6 Å². The number of carbonyl (C=O) groups is 1. The van der Waals surface area contributed by atoms with Gasteiger partial charge in [0.2, 0.25) is 5.91 Å². The first kappa shape index (κ1) is 21.1. The molecule has 0 aliphatic rings. The van der Waals surface area contributed by atoms with Gasteiger partial charge in [0, 0.05) is 23.0 Å². The Morgan fingerprint density at radius 2 is 1.94 bits per heavy atom. The number of benzene rings is 2. The number of para-hydroxylation sites is 1. The number of thioether (sulfide) groups is 1. The summed E-state index contributed by atoms with van der Waals surface area (Å²) in [6, 6.07) is 19.2. The smallest absolute Gasteiger partial charge is 0.234 e. The van der Waals surface area contributed by atoms with Crippen molar-refractivity contribution in [3.8, 4) is 16.4 Å². The maximum absolute atomic E-state index is 13.4. The van der Waals surface area contributed by atoms with Crippen molar-refractivity contribution in [1.82, 2.24) is 19.7 Å². The number of nitrogen functional groups attached to an aromatic ring is 1.